The first-order chi connectivity index (χ1) is 7.25. The Morgan fingerprint density at radius 3 is 2.73 bits per heavy atom. The zero-order chi connectivity index (χ0) is 10.7. The van der Waals surface area contributed by atoms with Gasteiger partial charge >= 0.3 is 0 Å². The van der Waals surface area contributed by atoms with Crippen LogP contribution in [0.4, 0.5) is 0 Å². The van der Waals surface area contributed by atoms with Gasteiger partial charge in [-0.1, -0.05) is 0 Å². The molecule has 15 heavy (non-hydrogen) atoms. The largest absolute Gasteiger partial charge is 0.352 e. The van der Waals surface area contributed by atoms with E-state index in [2.05, 4.69) is 16.0 Å². The number of hydrogen-bond donors (Lipinski definition) is 3. The Labute approximate surface area is 91.2 Å². The molecule has 4 nitrogen and oxygen atoms in total. The molecule has 2 rings (SSSR count). The maximum atomic E-state index is 11.7. The van der Waals surface area contributed by atoms with E-state index >= 15 is 0 Å². The molecule has 1 aliphatic carbocycles. The van der Waals surface area contributed by atoms with E-state index in [1.807, 2.05) is 6.92 Å². The predicted molar refractivity (Wildman–Crippen MR) is 59.7 cm³/mol. The summed E-state index contributed by atoms with van der Waals surface area (Å²) in [5.41, 5.74) is 0. The predicted octanol–water partition coefficient (Wildman–Crippen LogP) is -0.00490. The normalized spacial score (nSPS) is 28.5. The van der Waals surface area contributed by atoms with Crippen LogP contribution in [-0.2, 0) is 4.79 Å². The van der Waals surface area contributed by atoms with Gasteiger partial charge in [0.15, 0.2) is 0 Å². The van der Waals surface area contributed by atoms with E-state index in [4.69, 9.17) is 0 Å². The maximum absolute atomic E-state index is 11.7. The van der Waals surface area contributed by atoms with E-state index < -0.39 is 0 Å². The lowest BCUT2D eigenvalue weighted by atomic mass is 10.1. The summed E-state index contributed by atoms with van der Waals surface area (Å²) in [5, 5.41) is 9.74. The van der Waals surface area contributed by atoms with Gasteiger partial charge in [-0.05, 0) is 39.2 Å². The minimum Gasteiger partial charge on any atom is -0.352 e. The fraction of sp³-hybridized carbons (Fsp3) is 0.909. The summed E-state index contributed by atoms with van der Waals surface area (Å²) in [5.74, 6) is 0.156. The molecule has 1 aliphatic heterocycles. The molecule has 1 amide bonds. The average molecular weight is 211 g/mol. The molecule has 4 heteroatoms. The highest BCUT2D eigenvalue weighted by atomic mass is 16.2. The fourth-order valence-corrected chi connectivity index (χ4v) is 1.98. The van der Waals surface area contributed by atoms with Crippen molar-refractivity contribution in [3.63, 3.8) is 0 Å². The third-order valence-electron chi connectivity index (χ3n) is 3.10. The smallest absolute Gasteiger partial charge is 0.237 e. The van der Waals surface area contributed by atoms with Gasteiger partial charge in [-0.2, -0.15) is 0 Å². The van der Waals surface area contributed by atoms with E-state index in [9.17, 15) is 4.79 Å². The van der Waals surface area contributed by atoms with E-state index in [0.717, 1.165) is 25.9 Å². The van der Waals surface area contributed by atoms with Crippen LogP contribution < -0.4 is 16.0 Å². The number of amides is 1. The highest BCUT2D eigenvalue weighted by Crippen LogP contribution is 2.18. The average Bonchev–Trinajstić information content (AvgIpc) is 3.03. The lowest BCUT2D eigenvalue weighted by Crippen LogP contribution is -2.51. The summed E-state index contributed by atoms with van der Waals surface area (Å²) < 4.78 is 0. The van der Waals surface area contributed by atoms with Crippen LogP contribution in [-0.4, -0.2) is 37.1 Å². The summed E-state index contributed by atoms with van der Waals surface area (Å²) in [6, 6.07) is 0.862. The molecule has 3 N–H and O–H groups in total. The second-order valence-electron chi connectivity index (χ2n) is 4.71. The zero-order valence-electron chi connectivity index (χ0n) is 9.38. The molecule has 1 heterocycles. The van der Waals surface area contributed by atoms with E-state index in [1.54, 1.807) is 0 Å². The summed E-state index contributed by atoms with van der Waals surface area (Å²) in [6.07, 6.45) is 4.69. The highest BCUT2D eigenvalue weighted by molar-refractivity contribution is 5.81. The van der Waals surface area contributed by atoms with Crippen molar-refractivity contribution in [1.29, 1.82) is 0 Å². The summed E-state index contributed by atoms with van der Waals surface area (Å²) in [4.78, 5) is 11.7. The molecule has 2 atom stereocenters. The van der Waals surface area contributed by atoms with E-state index in [0.29, 0.717) is 12.1 Å². The van der Waals surface area contributed by atoms with Gasteiger partial charge in [0, 0.05) is 18.6 Å². The number of carbonyl (C=O) groups excluding carboxylic acids is 1. The second kappa shape index (κ2) is 4.94. The Balaban J connectivity index is 1.69. The van der Waals surface area contributed by atoms with Crippen molar-refractivity contribution in [1.82, 2.24) is 16.0 Å². The monoisotopic (exact) mass is 211 g/mol. The van der Waals surface area contributed by atoms with Gasteiger partial charge in [-0.15, -0.1) is 0 Å². The SMILES string of the molecule is CC(NC1CCCNC1)C(=O)NC1CC1. The van der Waals surface area contributed by atoms with Gasteiger partial charge in [0.25, 0.3) is 0 Å². The van der Waals surface area contributed by atoms with Gasteiger partial charge < -0.3 is 16.0 Å². The molecule has 86 valence electrons. The van der Waals surface area contributed by atoms with Crippen molar-refractivity contribution >= 4 is 5.91 Å². The van der Waals surface area contributed by atoms with E-state index in [1.165, 1.54) is 12.8 Å². The van der Waals surface area contributed by atoms with Crippen LogP contribution in [0.25, 0.3) is 0 Å². The first-order valence-corrected chi connectivity index (χ1v) is 6.03. The van der Waals surface area contributed by atoms with Crippen LogP contribution >= 0.6 is 0 Å². The number of nitrogens with one attached hydrogen (secondary N) is 3. The van der Waals surface area contributed by atoms with Crippen LogP contribution in [0.3, 0.4) is 0 Å². The molecule has 0 spiro atoms. The number of hydrogen-bond acceptors (Lipinski definition) is 3. The third kappa shape index (κ3) is 3.47. The molecular weight excluding hydrogens is 190 g/mol. The first-order valence-electron chi connectivity index (χ1n) is 6.03. The van der Waals surface area contributed by atoms with Crippen molar-refractivity contribution in [3.05, 3.63) is 0 Å². The summed E-state index contributed by atoms with van der Waals surface area (Å²) in [7, 11) is 0. The minimum absolute atomic E-state index is 0.0597. The quantitative estimate of drug-likeness (QED) is 0.613. The van der Waals surface area contributed by atoms with E-state index in [-0.39, 0.29) is 11.9 Å². The van der Waals surface area contributed by atoms with Crippen molar-refractivity contribution in [2.75, 3.05) is 13.1 Å². The van der Waals surface area contributed by atoms with Crippen molar-refractivity contribution in [2.24, 2.45) is 0 Å². The Hall–Kier alpha value is -0.610. The lowest BCUT2D eigenvalue weighted by Gasteiger charge is -2.26. The Bertz CT molecular complexity index is 222. The van der Waals surface area contributed by atoms with Gasteiger partial charge in [0.2, 0.25) is 5.91 Å². The van der Waals surface area contributed by atoms with Crippen molar-refractivity contribution < 1.29 is 4.79 Å². The molecule has 2 unspecified atom stereocenters. The van der Waals surface area contributed by atoms with Crippen LogP contribution in [0.15, 0.2) is 0 Å². The molecule has 0 aromatic rings. The molecule has 2 fully saturated rings. The van der Waals surface area contributed by atoms with Gasteiger partial charge in [0.1, 0.15) is 0 Å². The highest BCUT2D eigenvalue weighted by Gasteiger charge is 2.26. The first kappa shape index (κ1) is 10.9. The zero-order valence-corrected chi connectivity index (χ0v) is 9.38. The van der Waals surface area contributed by atoms with Gasteiger partial charge in [0.05, 0.1) is 6.04 Å². The Morgan fingerprint density at radius 2 is 2.13 bits per heavy atom. The van der Waals surface area contributed by atoms with Crippen LogP contribution in [0.1, 0.15) is 32.6 Å². The summed E-state index contributed by atoms with van der Waals surface area (Å²) >= 11 is 0. The molecule has 2 aliphatic rings. The number of piperidine rings is 1. The standard InChI is InChI=1S/C11H21N3O/c1-8(11(15)14-9-4-5-9)13-10-3-2-6-12-7-10/h8-10,12-13H,2-7H2,1H3,(H,14,15). The number of rotatable bonds is 4. The van der Waals surface area contributed by atoms with Crippen molar-refractivity contribution in [3.8, 4) is 0 Å². The van der Waals surface area contributed by atoms with Gasteiger partial charge in [-0.25, -0.2) is 0 Å². The molecule has 1 saturated heterocycles. The molecule has 1 saturated carbocycles. The third-order valence-corrected chi connectivity index (χ3v) is 3.10. The molecule has 0 aromatic heterocycles. The topological polar surface area (TPSA) is 53.2 Å². The number of carbonyl (C=O) groups is 1. The second-order valence-corrected chi connectivity index (χ2v) is 4.71. The van der Waals surface area contributed by atoms with Crippen LogP contribution in [0, 0.1) is 0 Å². The lowest BCUT2D eigenvalue weighted by molar-refractivity contribution is -0.123. The Morgan fingerprint density at radius 1 is 1.33 bits per heavy atom. The van der Waals surface area contributed by atoms with Crippen LogP contribution in [0.2, 0.25) is 0 Å². The molecule has 0 bridgehead atoms. The molecule has 0 aromatic carbocycles. The fourth-order valence-electron chi connectivity index (χ4n) is 1.98. The van der Waals surface area contributed by atoms with Crippen LogP contribution in [0.5, 0.6) is 0 Å². The molecule has 0 radical (unpaired) electrons. The maximum Gasteiger partial charge on any atom is 0.237 e. The molecular formula is C11H21N3O. The van der Waals surface area contributed by atoms with Crippen molar-refractivity contribution in [2.45, 2.75) is 50.7 Å². The minimum atomic E-state index is -0.0597. The summed E-state index contributed by atoms with van der Waals surface area (Å²) in [6.45, 7) is 4.05. The Kier molecular flexibility index (Phi) is 3.59. The van der Waals surface area contributed by atoms with Gasteiger partial charge in [-0.3, -0.25) is 4.79 Å².